The molecule has 0 spiro atoms. The monoisotopic (exact) mass is 483 g/mol. The van der Waals surface area contributed by atoms with Gasteiger partial charge in [0.2, 0.25) is 0 Å². The fourth-order valence-electron chi connectivity index (χ4n) is 8.07. The minimum absolute atomic E-state index is 0.0707. The van der Waals surface area contributed by atoms with Crippen molar-refractivity contribution in [2.24, 2.45) is 4.74 Å². The standard InChI is InChI=1S/C27H51NO2P2/c1-28-32(26-20-12-10-18-24(26)29-2,27-21-13-11-19-25(27)30-3)31(22-14-6-4-7-15-22)23-16-8-5-9-17-23/h22-27H,4-21H2,1-3H3. The van der Waals surface area contributed by atoms with Gasteiger partial charge in [0.1, 0.15) is 0 Å². The van der Waals surface area contributed by atoms with Crippen LogP contribution in [0.25, 0.3) is 0 Å². The molecule has 0 aromatic carbocycles. The second-order valence-corrected chi connectivity index (χ2v) is 19.8. The Labute approximate surface area is 200 Å². The molecule has 4 aliphatic carbocycles. The van der Waals surface area contributed by atoms with Gasteiger partial charge in [-0.2, -0.15) is 0 Å². The molecule has 4 saturated carbocycles. The number of methoxy groups -OCH3 is 2. The Morgan fingerprint density at radius 2 is 0.938 bits per heavy atom. The molecule has 186 valence electrons. The van der Waals surface area contributed by atoms with E-state index in [4.69, 9.17) is 14.2 Å². The van der Waals surface area contributed by atoms with E-state index in [0.29, 0.717) is 23.5 Å². The summed E-state index contributed by atoms with van der Waals surface area (Å²) >= 11 is 0. The van der Waals surface area contributed by atoms with E-state index in [1.165, 1.54) is 116 Å². The average Bonchev–Trinajstić information content (AvgIpc) is 2.88. The van der Waals surface area contributed by atoms with E-state index in [9.17, 15) is 0 Å². The zero-order valence-corrected chi connectivity index (χ0v) is 23.1. The third-order valence-corrected chi connectivity index (χ3v) is 23.0. The highest BCUT2D eigenvalue weighted by Crippen LogP contribution is 2.90. The summed E-state index contributed by atoms with van der Waals surface area (Å²) in [6.45, 7) is -1.58. The predicted octanol–water partition coefficient (Wildman–Crippen LogP) is 8.79. The van der Waals surface area contributed by atoms with Crippen LogP contribution in [0.3, 0.4) is 0 Å². The molecule has 4 atom stereocenters. The van der Waals surface area contributed by atoms with Gasteiger partial charge < -0.3 is 14.2 Å². The van der Waals surface area contributed by atoms with Gasteiger partial charge in [-0.25, -0.2) is 0 Å². The van der Waals surface area contributed by atoms with Crippen molar-refractivity contribution in [2.45, 2.75) is 150 Å². The zero-order chi connectivity index (χ0) is 22.4. The maximum atomic E-state index is 6.33. The van der Waals surface area contributed by atoms with Crippen LogP contribution < -0.4 is 0 Å². The molecule has 5 heteroatoms. The Bertz CT molecular complexity index is 569. The summed E-state index contributed by atoms with van der Waals surface area (Å²) in [6.07, 6.45) is 26.4. The highest BCUT2D eigenvalue weighted by molar-refractivity contribution is 8.35. The van der Waals surface area contributed by atoms with Gasteiger partial charge in [-0.3, -0.25) is 0 Å². The van der Waals surface area contributed by atoms with Crippen molar-refractivity contribution in [3.63, 3.8) is 0 Å². The molecule has 4 rings (SSSR count). The molecule has 0 heterocycles. The van der Waals surface area contributed by atoms with E-state index in [1.54, 1.807) is 0 Å². The van der Waals surface area contributed by atoms with Gasteiger partial charge in [0.25, 0.3) is 0 Å². The van der Waals surface area contributed by atoms with E-state index in [2.05, 4.69) is 7.05 Å². The normalized spacial score (nSPS) is 35.5. The summed E-state index contributed by atoms with van der Waals surface area (Å²) < 4.78 is 18.5. The Morgan fingerprint density at radius 3 is 1.31 bits per heavy atom. The average molecular weight is 484 g/mol. The molecule has 0 aromatic rings. The summed E-state index contributed by atoms with van der Waals surface area (Å²) in [5.74, 6) is 0. The number of nitrogens with zero attached hydrogens (tertiary/aromatic N) is 1. The highest BCUT2D eigenvalue weighted by atomic mass is 32.1. The summed E-state index contributed by atoms with van der Waals surface area (Å²) in [4.78, 5) is 0. The fourth-order valence-corrected chi connectivity index (χ4v) is 24.9. The van der Waals surface area contributed by atoms with Crippen molar-refractivity contribution in [3.8, 4) is 0 Å². The molecule has 0 radical (unpaired) electrons. The SMILES string of the molecule is CN=P(C1CCCCC1OC)(C1CCCCC1OC)P(C1CCCCC1)C1CCCCC1. The number of hydrogen-bond donors (Lipinski definition) is 0. The van der Waals surface area contributed by atoms with Crippen LogP contribution in [-0.4, -0.2) is 56.1 Å². The van der Waals surface area contributed by atoms with Crippen LogP contribution in [0.15, 0.2) is 4.74 Å². The summed E-state index contributed by atoms with van der Waals surface area (Å²) in [5.41, 5.74) is 3.36. The summed E-state index contributed by atoms with van der Waals surface area (Å²) in [7, 11) is 6.22. The lowest BCUT2D eigenvalue weighted by Gasteiger charge is -2.56. The Balaban J connectivity index is 1.84. The molecule has 0 saturated heterocycles. The first-order chi connectivity index (χ1) is 15.8. The van der Waals surface area contributed by atoms with Gasteiger partial charge in [-0.1, -0.05) is 71.8 Å². The fraction of sp³-hybridized carbons (Fsp3) is 1.00. The molecule has 32 heavy (non-hydrogen) atoms. The van der Waals surface area contributed by atoms with Gasteiger partial charge in [-0.05, 0) is 62.7 Å². The Morgan fingerprint density at radius 1 is 0.562 bits per heavy atom. The third kappa shape index (κ3) is 5.22. The molecule has 0 aliphatic heterocycles. The Kier molecular flexibility index (Phi) is 10.0. The van der Waals surface area contributed by atoms with Crippen molar-refractivity contribution < 1.29 is 9.47 Å². The molecular weight excluding hydrogens is 432 g/mol. The van der Waals surface area contributed by atoms with Gasteiger partial charge in [-0.15, -0.1) is 0 Å². The van der Waals surface area contributed by atoms with Gasteiger partial charge in [0, 0.05) is 39.3 Å². The number of rotatable bonds is 7. The van der Waals surface area contributed by atoms with Crippen LogP contribution in [0.4, 0.5) is 0 Å². The van der Waals surface area contributed by atoms with Crippen LogP contribution in [0.1, 0.15) is 116 Å². The van der Waals surface area contributed by atoms with Crippen LogP contribution in [0.2, 0.25) is 0 Å². The van der Waals surface area contributed by atoms with Crippen LogP contribution in [0, 0.1) is 0 Å². The van der Waals surface area contributed by atoms with Crippen molar-refractivity contribution in [2.75, 3.05) is 21.3 Å². The van der Waals surface area contributed by atoms with Gasteiger partial charge in [0.05, 0.1) is 12.2 Å². The molecule has 0 amide bonds. The Hall–Kier alpha value is 0.580. The van der Waals surface area contributed by atoms with E-state index in [0.717, 1.165) is 11.3 Å². The smallest absolute Gasteiger partial charge is 0.0655 e. The van der Waals surface area contributed by atoms with Crippen molar-refractivity contribution in [3.05, 3.63) is 0 Å². The molecule has 0 aromatic heterocycles. The van der Waals surface area contributed by atoms with Crippen LogP contribution >= 0.6 is 14.4 Å². The minimum atomic E-state index is -1.58. The minimum Gasteiger partial charge on any atom is -0.381 e. The van der Waals surface area contributed by atoms with Crippen LogP contribution in [0.5, 0.6) is 0 Å². The molecule has 0 bridgehead atoms. The van der Waals surface area contributed by atoms with Crippen molar-refractivity contribution in [1.29, 1.82) is 0 Å². The largest absolute Gasteiger partial charge is 0.381 e. The molecule has 0 N–H and O–H groups in total. The second-order valence-electron chi connectivity index (χ2n) is 11.1. The maximum Gasteiger partial charge on any atom is 0.0655 e. The molecule has 3 nitrogen and oxygen atoms in total. The van der Waals surface area contributed by atoms with Crippen molar-refractivity contribution >= 4 is 14.4 Å². The maximum absolute atomic E-state index is 6.33. The van der Waals surface area contributed by atoms with E-state index in [-0.39, 0.29) is 7.61 Å². The summed E-state index contributed by atoms with van der Waals surface area (Å²) in [5, 5.41) is 0. The lowest BCUT2D eigenvalue weighted by molar-refractivity contribution is 0.0654. The number of hydrogen-bond acceptors (Lipinski definition) is 3. The lowest BCUT2D eigenvalue weighted by atomic mass is 9.96. The first-order valence-corrected chi connectivity index (χ1v) is 18.2. The number of ether oxygens (including phenoxy) is 2. The van der Waals surface area contributed by atoms with E-state index < -0.39 is 6.74 Å². The second kappa shape index (κ2) is 12.5. The quantitative estimate of drug-likeness (QED) is 0.339. The molecule has 4 fully saturated rings. The third-order valence-electron chi connectivity index (χ3n) is 9.51. The van der Waals surface area contributed by atoms with E-state index in [1.807, 2.05) is 14.2 Å². The first kappa shape index (κ1) is 25.7. The molecule has 4 unspecified atom stereocenters. The zero-order valence-electron chi connectivity index (χ0n) is 21.4. The highest BCUT2D eigenvalue weighted by Gasteiger charge is 2.53. The van der Waals surface area contributed by atoms with E-state index >= 15 is 0 Å². The van der Waals surface area contributed by atoms with Gasteiger partial charge in [0.15, 0.2) is 0 Å². The summed E-state index contributed by atoms with van der Waals surface area (Å²) in [6, 6.07) is 0. The molecular formula is C27H51NO2P2. The van der Waals surface area contributed by atoms with Crippen LogP contribution in [-0.2, 0) is 9.47 Å². The van der Waals surface area contributed by atoms with Crippen molar-refractivity contribution in [1.82, 2.24) is 0 Å². The topological polar surface area (TPSA) is 30.8 Å². The lowest BCUT2D eigenvalue weighted by Crippen LogP contribution is -2.41. The molecule has 4 aliphatic rings. The predicted molar refractivity (Wildman–Crippen MR) is 142 cm³/mol. The van der Waals surface area contributed by atoms with Gasteiger partial charge >= 0.3 is 0 Å². The first-order valence-electron chi connectivity index (χ1n) is 14.1.